The van der Waals surface area contributed by atoms with E-state index in [1.165, 1.54) is 6.42 Å². The molecule has 2 nitrogen and oxygen atoms in total. The van der Waals surface area contributed by atoms with E-state index in [1.54, 1.807) is 0 Å². The van der Waals surface area contributed by atoms with Crippen LogP contribution in [0.4, 0.5) is 0 Å². The fraction of sp³-hybridized carbons (Fsp3) is 0.826. The minimum atomic E-state index is -0.245. The Kier molecular flexibility index (Phi) is 7.37. The van der Waals surface area contributed by atoms with E-state index in [0.717, 1.165) is 32.3 Å². The zero-order chi connectivity index (χ0) is 19.4. The molecule has 0 aromatic carbocycles. The van der Waals surface area contributed by atoms with Gasteiger partial charge in [-0.1, -0.05) is 31.8 Å². The zero-order valence-electron chi connectivity index (χ0n) is 17.9. The van der Waals surface area contributed by atoms with Gasteiger partial charge < -0.3 is 9.47 Å². The van der Waals surface area contributed by atoms with Gasteiger partial charge in [-0.15, -0.1) is 6.58 Å². The molecule has 0 spiro atoms. The van der Waals surface area contributed by atoms with Crippen LogP contribution in [-0.4, -0.2) is 18.5 Å². The second-order valence-electron chi connectivity index (χ2n) is 10.2. The molecule has 0 bridgehead atoms. The Morgan fingerprint density at radius 1 is 0.960 bits per heavy atom. The summed E-state index contributed by atoms with van der Waals surface area (Å²) in [5.41, 5.74) is -0.284. The van der Waals surface area contributed by atoms with Gasteiger partial charge in [-0.2, -0.15) is 0 Å². The van der Waals surface area contributed by atoms with Crippen molar-refractivity contribution in [2.45, 2.75) is 99.4 Å². The maximum Gasteiger partial charge on any atom is 0.158 e. The summed E-state index contributed by atoms with van der Waals surface area (Å²) in [7, 11) is 0. The first-order chi connectivity index (χ1) is 11.3. The Hall–Kier alpha value is -0.780. The Morgan fingerprint density at radius 2 is 1.52 bits per heavy atom. The van der Waals surface area contributed by atoms with E-state index >= 15 is 0 Å². The molecule has 0 aromatic rings. The number of ether oxygens (including phenoxy) is 2. The Labute approximate surface area is 156 Å². The summed E-state index contributed by atoms with van der Waals surface area (Å²) in [4.78, 5) is 0. The third kappa shape index (κ3) is 8.93. The van der Waals surface area contributed by atoms with Gasteiger partial charge in [0, 0.05) is 17.4 Å². The van der Waals surface area contributed by atoms with Gasteiger partial charge in [0.2, 0.25) is 0 Å². The topological polar surface area (TPSA) is 18.5 Å². The third-order valence-electron chi connectivity index (χ3n) is 4.65. The number of hydrogen-bond donors (Lipinski definition) is 0. The molecule has 0 aromatic heterocycles. The number of allylic oxidation sites excluding steroid dienone is 1. The Bertz CT molecular complexity index is 494. The average molecular weight is 349 g/mol. The molecule has 1 atom stereocenters. The van der Waals surface area contributed by atoms with Crippen LogP contribution in [0.5, 0.6) is 0 Å². The first-order valence-electron chi connectivity index (χ1n) is 9.73. The van der Waals surface area contributed by atoms with Crippen LogP contribution in [-0.2, 0) is 9.47 Å². The van der Waals surface area contributed by atoms with Crippen molar-refractivity contribution in [3.05, 3.63) is 12.7 Å². The lowest BCUT2D eigenvalue weighted by atomic mass is 9.74. The van der Waals surface area contributed by atoms with Gasteiger partial charge in [0.1, 0.15) is 0 Å². The standard InChI is InChI=1S/C23H40O2/c1-10-20(2,3)17-21(4,5)14-15-22(6,7)18-23(8,9)25-19-13-11-12-16-24-19/h10,19H,1,11-13,16-18H2,2-9H3. The molecule has 2 heteroatoms. The highest BCUT2D eigenvalue weighted by Crippen LogP contribution is 2.36. The molecular weight excluding hydrogens is 308 g/mol. The van der Waals surface area contributed by atoms with Crippen molar-refractivity contribution >= 4 is 0 Å². The van der Waals surface area contributed by atoms with Crippen molar-refractivity contribution in [2.75, 3.05) is 6.61 Å². The van der Waals surface area contributed by atoms with Gasteiger partial charge in [-0.25, -0.2) is 0 Å². The second-order valence-corrected chi connectivity index (χ2v) is 10.2. The quantitative estimate of drug-likeness (QED) is 0.394. The lowest BCUT2D eigenvalue weighted by Gasteiger charge is -2.36. The predicted octanol–water partition coefficient (Wildman–Crippen LogP) is 6.36. The van der Waals surface area contributed by atoms with Gasteiger partial charge in [0.05, 0.1) is 5.60 Å². The van der Waals surface area contributed by atoms with Crippen LogP contribution in [0.15, 0.2) is 12.7 Å². The molecule has 144 valence electrons. The molecule has 0 N–H and O–H groups in total. The lowest BCUT2D eigenvalue weighted by Crippen LogP contribution is -2.37. The summed E-state index contributed by atoms with van der Waals surface area (Å²) in [6, 6.07) is 0. The van der Waals surface area contributed by atoms with Crippen molar-refractivity contribution in [3.8, 4) is 11.8 Å². The molecule has 25 heavy (non-hydrogen) atoms. The highest BCUT2D eigenvalue weighted by Gasteiger charge is 2.32. The summed E-state index contributed by atoms with van der Waals surface area (Å²) >= 11 is 0. The lowest BCUT2D eigenvalue weighted by molar-refractivity contribution is -0.220. The van der Waals surface area contributed by atoms with Crippen LogP contribution in [0.1, 0.15) is 87.5 Å². The normalized spacial score (nSPS) is 19.9. The SMILES string of the molecule is C=CC(C)(C)CC(C)(C)C#CC(C)(C)CC(C)(C)OC1CCCCO1. The number of rotatable bonds is 7. The molecular formula is C23H40O2. The minimum absolute atomic E-state index is 0.0353. The Balaban J connectivity index is 2.72. The summed E-state index contributed by atoms with van der Waals surface area (Å²) in [5.74, 6) is 7.07. The van der Waals surface area contributed by atoms with E-state index < -0.39 is 0 Å². The number of hydrogen-bond acceptors (Lipinski definition) is 2. The van der Waals surface area contributed by atoms with Crippen LogP contribution in [0, 0.1) is 28.1 Å². The minimum Gasteiger partial charge on any atom is -0.353 e. The van der Waals surface area contributed by atoms with Gasteiger partial charge >= 0.3 is 0 Å². The second kappa shape index (κ2) is 8.28. The first kappa shape index (κ1) is 22.3. The maximum absolute atomic E-state index is 6.24. The van der Waals surface area contributed by atoms with Crippen molar-refractivity contribution in [1.29, 1.82) is 0 Å². The summed E-state index contributed by atoms with van der Waals surface area (Å²) in [6.07, 6.45) is 7.19. The molecule has 1 heterocycles. The van der Waals surface area contributed by atoms with Crippen LogP contribution in [0.3, 0.4) is 0 Å². The van der Waals surface area contributed by atoms with E-state index in [-0.39, 0.29) is 28.1 Å². The van der Waals surface area contributed by atoms with E-state index in [1.807, 2.05) is 6.08 Å². The molecule has 1 saturated heterocycles. The van der Waals surface area contributed by atoms with E-state index in [2.05, 4.69) is 73.8 Å². The van der Waals surface area contributed by atoms with Gasteiger partial charge in [-0.05, 0) is 79.1 Å². The molecule has 1 aliphatic rings. The molecule has 1 aliphatic heterocycles. The molecule has 1 fully saturated rings. The van der Waals surface area contributed by atoms with E-state index in [0.29, 0.717) is 0 Å². The maximum atomic E-state index is 6.24. The predicted molar refractivity (Wildman–Crippen MR) is 107 cm³/mol. The monoisotopic (exact) mass is 348 g/mol. The Morgan fingerprint density at radius 3 is 2.00 bits per heavy atom. The highest BCUT2D eigenvalue weighted by molar-refractivity contribution is 5.17. The van der Waals surface area contributed by atoms with E-state index in [9.17, 15) is 0 Å². The van der Waals surface area contributed by atoms with E-state index in [4.69, 9.17) is 9.47 Å². The van der Waals surface area contributed by atoms with Crippen LogP contribution >= 0.6 is 0 Å². The largest absolute Gasteiger partial charge is 0.353 e. The molecule has 0 aliphatic carbocycles. The molecule has 0 amide bonds. The van der Waals surface area contributed by atoms with Crippen molar-refractivity contribution in [2.24, 2.45) is 16.2 Å². The zero-order valence-corrected chi connectivity index (χ0v) is 17.9. The van der Waals surface area contributed by atoms with Crippen molar-refractivity contribution in [1.82, 2.24) is 0 Å². The van der Waals surface area contributed by atoms with Crippen molar-refractivity contribution in [3.63, 3.8) is 0 Å². The van der Waals surface area contributed by atoms with Crippen LogP contribution in [0.25, 0.3) is 0 Å². The van der Waals surface area contributed by atoms with Gasteiger partial charge in [0.15, 0.2) is 6.29 Å². The first-order valence-corrected chi connectivity index (χ1v) is 9.73. The summed E-state index contributed by atoms with van der Waals surface area (Å²) in [6.45, 7) is 22.4. The summed E-state index contributed by atoms with van der Waals surface area (Å²) in [5, 5.41) is 0. The van der Waals surface area contributed by atoms with Gasteiger partial charge in [-0.3, -0.25) is 0 Å². The highest BCUT2D eigenvalue weighted by atomic mass is 16.7. The summed E-state index contributed by atoms with van der Waals surface area (Å²) < 4.78 is 12.0. The third-order valence-corrected chi connectivity index (χ3v) is 4.65. The van der Waals surface area contributed by atoms with Gasteiger partial charge in [0.25, 0.3) is 0 Å². The molecule has 0 saturated carbocycles. The smallest absolute Gasteiger partial charge is 0.158 e. The molecule has 0 radical (unpaired) electrons. The van der Waals surface area contributed by atoms with Crippen molar-refractivity contribution < 1.29 is 9.47 Å². The average Bonchev–Trinajstić information content (AvgIpc) is 2.44. The van der Waals surface area contributed by atoms with Crippen LogP contribution in [0.2, 0.25) is 0 Å². The molecule has 1 rings (SSSR count). The molecule has 1 unspecified atom stereocenters. The van der Waals surface area contributed by atoms with Crippen LogP contribution < -0.4 is 0 Å². The fourth-order valence-electron chi connectivity index (χ4n) is 3.90. The fourth-order valence-corrected chi connectivity index (χ4v) is 3.90.